The number of carbonyl (C=O) groups excluding carboxylic acids is 2. The molecule has 0 N–H and O–H groups in total. The molecule has 0 bridgehead atoms. The molecule has 0 saturated carbocycles. The van der Waals surface area contributed by atoms with Gasteiger partial charge >= 0.3 is 0 Å². The minimum atomic E-state index is -0.136. The summed E-state index contributed by atoms with van der Waals surface area (Å²) >= 11 is 0. The number of unbranched alkanes of at least 4 members (excludes halogenated alkanes) is 6. The molecular weight excluding hydrogens is 286 g/mol. The van der Waals surface area contributed by atoms with Crippen LogP contribution in [0.4, 0.5) is 0 Å². The van der Waals surface area contributed by atoms with E-state index in [4.69, 9.17) is 0 Å². The van der Waals surface area contributed by atoms with E-state index in [1.807, 2.05) is 6.92 Å². The van der Waals surface area contributed by atoms with E-state index in [2.05, 4.69) is 18.4 Å². The third-order valence-electron chi connectivity index (χ3n) is 4.84. The van der Waals surface area contributed by atoms with Gasteiger partial charge < -0.3 is 4.90 Å². The van der Waals surface area contributed by atoms with Crippen LogP contribution in [0, 0.1) is 0 Å². The summed E-state index contributed by atoms with van der Waals surface area (Å²) in [5.74, 6) is 0.204. The quantitative estimate of drug-likeness (QED) is 0.352. The van der Waals surface area contributed by atoms with Crippen LogP contribution in [0.3, 0.4) is 0 Å². The number of hydrogen-bond donors (Lipinski definition) is 0. The maximum Gasteiger partial charge on any atom is 0.162 e. The zero-order valence-corrected chi connectivity index (χ0v) is 15.2. The van der Waals surface area contributed by atoms with Crippen LogP contribution in [-0.2, 0) is 9.59 Å². The van der Waals surface area contributed by atoms with Crippen LogP contribution >= 0.6 is 0 Å². The van der Waals surface area contributed by atoms with E-state index in [0.717, 1.165) is 44.3 Å². The fourth-order valence-electron chi connectivity index (χ4n) is 3.43. The maximum atomic E-state index is 12.4. The Morgan fingerprint density at radius 3 is 2.30 bits per heavy atom. The molecule has 0 aliphatic carbocycles. The van der Waals surface area contributed by atoms with Gasteiger partial charge in [0, 0.05) is 18.7 Å². The molecule has 1 aliphatic rings. The summed E-state index contributed by atoms with van der Waals surface area (Å²) in [6.07, 6.45) is 11.9. The van der Waals surface area contributed by atoms with Crippen LogP contribution < -0.4 is 0 Å². The number of Topliss-reactive ketones (excluding diaryl/α,β-unsaturated/α-hetero) is 2. The fourth-order valence-corrected chi connectivity index (χ4v) is 3.43. The van der Waals surface area contributed by atoms with E-state index in [0.29, 0.717) is 6.42 Å². The normalized spacial score (nSPS) is 15.9. The molecule has 0 spiro atoms. The van der Waals surface area contributed by atoms with E-state index >= 15 is 0 Å². The van der Waals surface area contributed by atoms with Crippen LogP contribution in [0.25, 0.3) is 0 Å². The Kier molecular flexibility index (Phi) is 9.89. The standard InChI is InChI=1S/C20H35NO2/c1-4-6-7-8-9-10-11-14-18(22)16-20(23)19(5-2)21-15-12-13-17(21)3/h19H,3-16H2,1-2H3/t19-/m0/s1. The summed E-state index contributed by atoms with van der Waals surface area (Å²) in [5.41, 5.74) is 1.06. The van der Waals surface area contributed by atoms with Gasteiger partial charge in [-0.1, -0.05) is 59.0 Å². The molecule has 3 nitrogen and oxygen atoms in total. The van der Waals surface area contributed by atoms with Crippen molar-refractivity contribution < 1.29 is 9.59 Å². The monoisotopic (exact) mass is 321 g/mol. The Balaban J connectivity index is 2.21. The molecule has 0 aromatic heterocycles. The lowest BCUT2D eigenvalue weighted by atomic mass is 10.00. The molecule has 1 aliphatic heterocycles. The number of likely N-dealkylation sites (tertiary alicyclic amines) is 1. The first-order valence-electron chi connectivity index (χ1n) is 9.59. The van der Waals surface area contributed by atoms with Crippen molar-refractivity contribution in [1.29, 1.82) is 0 Å². The zero-order chi connectivity index (χ0) is 17.1. The van der Waals surface area contributed by atoms with Gasteiger partial charge in [0.25, 0.3) is 0 Å². The number of nitrogens with zero attached hydrogens (tertiary/aromatic N) is 1. The van der Waals surface area contributed by atoms with Crippen LogP contribution in [-0.4, -0.2) is 29.1 Å². The molecular formula is C20H35NO2. The second kappa shape index (κ2) is 11.4. The Labute approximate surface area is 142 Å². The first kappa shape index (κ1) is 19.9. The van der Waals surface area contributed by atoms with Gasteiger partial charge in [0.2, 0.25) is 0 Å². The smallest absolute Gasteiger partial charge is 0.162 e. The van der Waals surface area contributed by atoms with Crippen molar-refractivity contribution in [3.63, 3.8) is 0 Å². The van der Waals surface area contributed by atoms with E-state index in [1.165, 1.54) is 32.1 Å². The van der Waals surface area contributed by atoms with Crippen molar-refractivity contribution in [1.82, 2.24) is 4.90 Å². The van der Waals surface area contributed by atoms with Crippen LogP contribution in [0.2, 0.25) is 0 Å². The maximum absolute atomic E-state index is 12.4. The average Bonchev–Trinajstić information content (AvgIpc) is 2.93. The van der Waals surface area contributed by atoms with Crippen LogP contribution in [0.15, 0.2) is 12.3 Å². The molecule has 1 fully saturated rings. The highest BCUT2D eigenvalue weighted by Crippen LogP contribution is 2.24. The molecule has 132 valence electrons. The van der Waals surface area contributed by atoms with Gasteiger partial charge in [-0.3, -0.25) is 9.59 Å². The highest BCUT2D eigenvalue weighted by molar-refractivity contribution is 6.01. The molecule has 23 heavy (non-hydrogen) atoms. The number of allylic oxidation sites excluding steroid dienone is 1. The first-order chi connectivity index (χ1) is 11.1. The van der Waals surface area contributed by atoms with Crippen LogP contribution in [0.1, 0.15) is 90.9 Å². The minimum absolute atomic E-state index is 0.0866. The first-order valence-corrected chi connectivity index (χ1v) is 9.59. The van der Waals surface area contributed by atoms with Gasteiger partial charge in [-0.05, 0) is 25.7 Å². The van der Waals surface area contributed by atoms with Gasteiger partial charge in [0.1, 0.15) is 5.78 Å². The number of ketones is 2. The SMILES string of the molecule is C=C1CCCN1[C@@H](CC)C(=O)CC(=O)CCCCCCCCC. The van der Waals surface area contributed by atoms with Gasteiger partial charge in [-0.2, -0.15) is 0 Å². The summed E-state index contributed by atoms with van der Waals surface area (Å²) in [4.78, 5) is 26.6. The molecule has 0 amide bonds. The minimum Gasteiger partial charge on any atom is -0.365 e. The third-order valence-corrected chi connectivity index (χ3v) is 4.84. The predicted octanol–water partition coefficient (Wildman–Crippen LogP) is 5.04. The Morgan fingerprint density at radius 1 is 1.09 bits per heavy atom. The highest BCUT2D eigenvalue weighted by Gasteiger charge is 2.28. The van der Waals surface area contributed by atoms with Crippen molar-refractivity contribution in [2.75, 3.05) is 6.54 Å². The number of hydrogen-bond acceptors (Lipinski definition) is 3. The highest BCUT2D eigenvalue weighted by atomic mass is 16.1. The lowest BCUT2D eigenvalue weighted by molar-refractivity contribution is -0.129. The van der Waals surface area contributed by atoms with Crippen LogP contribution in [0.5, 0.6) is 0 Å². The summed E-state index contributed by atoms with van der Waals surface area (Å²) in [5, 5.41) is 0. The molecule has 1 saturated heterocycles. The molecule has 0 aromatic rings. The van der Waals surface area contributed by atoms with Gasteiger partial charge in [-0.15, -0.1) is 0 Å². The number of rotatable bonds is 13. The summed E-state index contributed by atoms with van der Waals surface area (Å²) in [6.45, 7) is 9.20. The van der Waals surface area contributed by atoms with Crippen molar-refractivity contribution in [2.24, 2.45) is 0 Å². The Bertz CT molecular complexity index is 389. The Morgan fingerprint density at radius 2 is 1.74 bits per heavy atom. The van der Waals surface area contributed by atoms with Crippen molar-refractivity contribution in [3.05, 3.63) is 12.3 Å². The molecule has 0 radical (unpaired) electrons. The van der Waals surface area contributed by atoms with E-state index in [1.54, 1.807) is 0 Å². The fraction of sp³-hybridized carbons (Fsp3) is 0.800. The van der Waals surface area contributed by atoms with Gasteiger partial charge in [0.05, 0.1) is 12.5 Å². The number of carbonyl (C=O) groups is 2. The molecule has 0 unspecified atom stereocenters. The molecule has 1 rings (SSSR count). The van der Waals surface area contributed by atoms with Crippen molar-refractivity contribution in [2.45, 2.75) is 96.9 Å². The largest absolute Gasteiger partial charge is 0.365 e. The van der Waals surface area contributed by atoms with Crippen molar-refractivity contribution in [3.8, 4) is 0 Å². The topological polar surface area (TPSA) is 37.4 Å². The summed E-state index contributed by atoms with van der Waals surface area (Å²) in [6, 6.07) is -0.136. The van der Waals surface area contributed by atoms with Crippen molar-refractivity contribution >= 4 is 11.6 Å². The lowest BCUT2D eigenvalue weighted by Gasteiger charge is -2.28. The zero-order valence-electron chi connectivity index (χ0n) is 15.2. The lowest BCUT2D eigenvalue weighted by Crippen LogP contribution is -2.38. The molecule has 1 heterocycles. The molecule has 1 atom stereocenters. The van der Waals surface area contributed by atoms with E-state index in [-0.39, 0.29) is 24.0 Å². The predicted molar refractivity (Wildman–Crippen MR) is 96.4 cm³/mol. The Hall–Kier alpha value is -1.12. The second-order valence-electron chi connectivity index (χ2n) is 6.84. The summed E-state index contributed by atoms with van der Waals surface area (Å²) < 4.78 is 0. The third kappa shape index (κ3) is 7.32. The van der Waals surface area contributed by atoms with E-state index < -0.39 is 0 Å². The second-order valence-corrected chi connectivity index (χ2v) is 6.84. The van der Waals surface area contributed by atoms with E-state index in [9.17, 15) is 9.59 Å². The molecule has 0 aromatic carbocycles. The molecule has 3 heteroatoms. The van der Waals surface area contributed by atoms with Gasteiger partial charge in [0.15, 0.2) is 5.78 Å². The average molecular weight is 322 g/mol. The summed E-state index contributed by atoms with van der Waals surface area (Å²) in [7, 11) is 0. The van der Waals surface area contributed by atoms with Gasteiger partial charge in [-0.25, -0.2) is 0 Å².